The zero-order chi connectivity index (χ0) is 22.9. The van der Waals surface area contributed by atoms with E-state index >= 15 is 0 Å². The van der Waals surface area contributed by atoms with Crippen LogP contribution in [-0.4, -0.2) is 57.1 Å². The number of urea groups is 1. The second-order valence-corrected chi connectivity index (χ2v) is 8.44. The summed E-state index contributed by atoms with van der Waals surface area (Å²) >= 11 is 0. The fraction of sp³-hybridized carbons (Fsp3) is 0.280. The molecule has 4 aromatic rings. The number of benzene rings is 2. The van der Waals surface area contributed by atoms with Gasteiger partial charge >= 0.3 is 6.03 Å². The first-order chi connectivity index (χ1) is 16.0. The van der Waals surface area contributed by atoms with Crippen LogP contribution in [0.1, 0.15) is 17.0 Å². The standard InChI is InChI=1S/C25H27N7O/c1-17-8-7-9-20(16-17)26-25(33)31-14-12-30(13-15-31)24-23-22(18(2)27-28-24)19(3)32(29-23)21-10-5-4-6-11-21/h4-11,16H,12-15H2,1-3H3,(H,26,33). The van der Waals surface area contributed by atoms with Gasteiger partial charge in [-0.1, -0.05) is 30.3 Å². The number of nitrogens with zero attached hydrogens (tertiary/aromatic N) is 6. The molecule has 8 heteroatoms. The molecule has 168 valence electrons. The molecular weight excluding hydrogens is 414 g/mol. The Hall–Kier alpha value is -3.94. The molecule has 5 rings (SSSR count). The van der Waals surface area contributed by atoms with Crippen LogP contribution in [0.3, 0.4) is 0 Å². The fourth-order valence-electron chi connectivity index (χ4n) is 4.39. The van der Waals surface area contributed by atoms with Crippen molar-refractivity contribution < 1.29 is 4.79 Å². The van der Waals surface area contributed by atoms with E-state index in [1.807, 2.05) is 78.0 Å². The molecule has 8 nitrogen and oxygen atoms in total. The SMILES string of the molecule is Cc1cccc(NC(=O)N2CCN(c3nnc(C)c4c(C)n(-c5ccccc5)nc34)CC2)c1. The van der Waals surface area contributed by atoms with Crippen molar-refractivity contribution in [2.24, 2.45) is 0 Å². The van der Waals surface area contributed by atoms with Gasteiger partial charge in [0, 0.05) is 31.9 Å². The lowest BCUT2D eigenvalue weighted by atomic mass is 10.2. The summed E-state index contributed by atoms with van der Waals surface area (Å²) in [6, 6.07) is 17.9. The van der Waals surface area contributed by atoms with Crippen molar-refractivity contribution in [3.05, 3.63) is 71.5 Å². The third-order valence-corrected chi connectivity index (χ3v) is 6.12. The Balaban J connectivity index is 1.36. The van der Waals surface area contributed by atoms with E-state index in [1.54, 1.807) is 0 Å². The van der Waals surface area contributed by atoms with Crippen molar-refractivity contribution >= 4 is 28.4 Å². The number of rotatable bonds is 3. The summed E-state index contributed by atoms with van der Waals surface area (Å²) in [5.41, 5.74) is 5.70. The normalized spacial score (nSPS) is 14.0. The van der Waals surface area contributed by atoms with E-state index in [9.17, 15) is 4.79 Å². The molecule has 0 saturated carbocycles. The number of para-hydroxylation sites is 1. The average molecular weight is 442 g/mol. The highest BCUT2D eigenvalue weighted by molar-refractivity contribution is 5.93. The number of hydrogen-bond acceptors (Lipinski definition) is 5. The number of amides is 2. The van der Waals surface area contributed by atoms with Gasteiger partial charge in [0.05, 0.1) is 22.5 Å². The van der Waals surface area contributed by atoms with Crippen LogP contribution in [0, 0.1) is 20.8 Å². The Morgan fingerprint density at radius 1 is 0.909 bits per heavy atom. The lowest BCUT2D eigenvalue weighted by molar-refractivity contribution is 0.208. The lowest BCUT2D eigenvalue weighted by Crippen LogP contribution is -2.50. The predicted molar refractivity (Wildman–Crippen MR) is 130 cm³/mol. The number of aromatic nitrogens is 4. The van der Waals surface area contributed by atoms with Crippen molar-refractivity contribution in [1.29, 1.82) is 0 Å². The molecule has 1 aliphatic heterocycles. The van der Waals surface area contributed by atoms with E-state index < -0.39 is 0 Å². The third-order valence-electron chi connectivity index (χ3n) is 6.12. The van der Waals surface area contributed by atoms with Crippen LogP contribution in [0.4, 0.5) is 16.3 Å². The number of piperazine rings is 1. The lowest BCUT2D eigenvalue weighted by Gasteiger charge is -2.35. The van der Waals surface area contributed by atoms with Crippen molar-refractivity contribution in [2.75, 3.05) is 36.4 Å². The zero-order valence-corrected chi connectivity index (χ0v) is 19.1. The molecule has 1 saturated heterocycles. The number of carbonyl (C=O) groups is 1. The number of aryl methyl sites for hydroxylation is 3. The van der Waals surface area contributed by atoms with Crippen molar-refractivity contribution in [1.82, 2.24) is 24.9 Å². The quantitative estimate of drug-likeness (QED) is 0.518. The highest BCUT2D eigenvalue weighted by Gasteiger charge is 2.26. The molecule has 0 atom stereocenters. The molecule has 1 aliphatic rings. The predicted octanol–water partition coefficient (Wildman–Crippen LogP) is 4.09. The second kappa shape index (κ2) is 8.54. The molecule has 0 spiro atoms. The molecule has 1 fully saturated rings. The average Bonchev–Trinajstić information content (AvgIpc) is 3.18. The number of hydrogen-bond donors (Lipinski definition) is 1. The van der Waals surface area contributed by atoms with Gasteiger partial charge in [-0.15, -0.1) is 5.10 Å². The molecule has 2 amide bonds. The van der Waals surface area contributed by atoms with Crippen LogP contribution < -0.4 is 10.2 Å². The number of fused-ring (bicyclic) bond motifs is 1. The Labute approximate surface area is 192 Å². The highest BCUT2D eigenvalue weighted by Crippen LogP contribution is 2.29. The van der Waals surface area contributed by atoms with Crippen LogP contribution >= 0.6 is 0 Å². The maximum atomic E-state index is 12.7. The number of nitrogens with one attached hydrogen (secondary N) is 1. The minimum atomic E-state index is -0.0791. The minimum Gasteiger partial charge on any atom is -0.350 e. The van der Waals surface area contributed by atoms with Gasteiger partial charge in [0.1, 0.15) is 5.52 Å². The molecule has 0 bridgehead atoms. The molecule has 2 aromatic heterocycles. The van der Waals surface area contributed by atoms with Gasteiger partial charge in [-0.25, -0.2) is 9.48 Å². The largest absolute Gasteiger partial charge is 0.350 e. The molecule has 0 unspecified atom stereocenters. The Morgan fingerprint density at radius 3 is 2.39 bits per heavy atom. The molecule has 2 aromatic carbocycles. The fourth-order valence-corrected chi connectivity index (χ4v) is 4.39. The third kappa shape index (κ3) is 4.00. The van der Waals surface area contributed by atoms with Crippen molar-refractivity contribution in [3.8, 4) is 5.69 Å². The van der Waals surface area contributed by atoms with Crippen molar-refractivity contribution in [3.63, 3.8) is 0 Å². The second-order valence-electron chi connectivity index (χ2n) is 8.44. The molecular formula is C25H27N7O. The van der Waals surface area contributed by atoms with Gasteiger partial charge in [-0.05, 0) is 50.6 Å². The molecule has 0 radical (unpaired) electrons. The maximum absolute atomic E-state index is 12.7. The van der Waals surface area contributed by atoms with Gasteiger partial charge in [0.15, 0.2) is 5.82 Å². The van der Waals surface area contributed by atoms with E-state index in [1.165, 1.54) is 0 Å². The summed E-state index contributed by atoms with van der Waals surface area (Å²) in [5.74, 6) is 0.770. The van der Waals surface area contributed by atoms with Crippen LogP contribution in [0.25, 0.3) is 16.6 Å². The number of anilines is 2. The molecule has 0 aliphatic carbocycles. The van der Waals surface area contributed by atoms with Crippen LogP contribution in [0.15, 0.2) is 54.6 Å². The molecule has 1 N–H and O–H groups in total. The van der Waals surface area contributed by atoms with E-state index in [0.29, 0.717) is 26.2 Å². The first kappa shape index (κ1) is 20.9. The van der Waals surface area contributed by atoms with Crippen LogP contribution in [-0.2, 0) is 0 Å². The van der Waals surface area contributed by atoms with Gasteiger partial charge in [0.2, 0.25) is 0 Å². The van der Waals surface area contributed by atoms with Crippen LogP contribution in [0.2, 0.25) is 0 Å². The first-order valence-corrected chi connectivity index (χ1v) is 11.2. The Morgan fingerprint density at radius 2 is 1.67 bits per heavy atom. The van der Waals surface area contributed by atoms with Crippen LogP contribution in [0.5, 0.6) is 0 Å². The molecule has 3 heterocycles. The van der Waals surface area contributed by atoms with Gasteiger partial charge in [0.25, 0.3) is 0 Å². The minimum absolute atomic E-state index is 0.0791. The number of carbonyl (C=O) groups excluding carboxylic acids is 1. The summed E-state index contributed by atoms with van der Waals surface area (Å²) in [6.07, 6.45) is 0. The maximum Gasteiger partial charge on any atom is 0.321 e. The highest BCUT2D eigenvalue weighted by atomic mass is 16.2. The van der Waals surface area contributed by atoms with E-state index in [4.69, 9.17) is 5.10 Å². The Bertz CT molecular complexity index is 1310. The van der Waals surface area contributed by atoms with E-state index in [2.05, 4.69) is 27.3 Å². The summed E-state index contributed by atoms with van der Waals surface area (Å²) in [5, 5.41) is 17.9. The zero-order valence-electron chi connectivity index (χ0n) is 19.1. The summed E-state index contributed by atoms with van der Waals surface area (Å²) in [4.78, 5) is 16.7. The molecule has 33 heavy (non-hydrogen) atoms. The van der Waals surface area contributed by atoms with E-state index in [-0.39, 0.29) is 6.03 Å². The van der Waals surface area contributed by atoms with E-state index in [0.717, 1.165) is 45.0 Å². The van der Waals surface area contributed by atoms with Gasteiger partial charge in [-0.2, -0.15) is 10.2 Å². The first-order valence-electron chi connectivity index (χ1n) is 11.2. The summed E-state index contributed by atoms with van der Waals surface area (Å²) in [6.45, 7) is 8.60. The summed E-state index contributed by atoms with van der Waals surface area (Å²) in [7, 11) is 0. The Kier molecular flexibility index (Phi) is 5.42. The topological polar surface area (TPSA) is 79.2 Å². The van der Waals surface area contributed by atoms with Gasteiger partial charge in [-0.3, -0.25) is 0 Å². The monoisotopic (exact) mass is 441 g/mol. The van der Waals surface area contributed by atoms with Crippen molar-refractivity contribution in [2.45, 2.75) is 20.8 Å². The van der Waals surface area contributed by atoms with Gasteiger partial charge < -0.3 is 15.1 Å². The summed E-state index contributed by atoms with van der Waals surface area (Å²) < 4.78 is 1.95. The smallest absolute Gasteiger partial charge is 0.321 e.